The maximum Gasteiger partial charge on any atom is 0.122 e. The minimum atomic E-state index is 0.814. The first-order chi connectivity index (χ1) is 7.04. The van der Waals surface area contributed by atoms with E-state index >= 15 is 0 Å². The van der Waals surface area contributed by atoms with Crippen LogP contribution < -0.4 is 0 Å². The first-order valence-corrected chi connectivity index (χ1v) is 5.47. The van der Waals surface area contributed by atoms with Gasteiger partial charge in [0.2, 0.25) is 0 Å². The van der Waals surface area contributed by atoms with Crippen LogP contribution in [0.2, 0.25) is 0 Å². The largest absolute Gasteiger partial charge is 0.279 e. The normalized spacial score (nSPS) is 11.6. The topological polar surface area (TPSA) is 38.1 Å². The molecule has 0 N–H and O–H groups in total. The Hall–Kier alpha value is -1.16. The first-order valence-electron chi connectivity index (χ1n) is 4.65. The van der Waals surface area contributed by atoms with Gasteiger partial charge in [0, 0.05) is 7.05 Å². The van der Waals surface area contributed by atoms with E-state index in [1.807, 2.05) is 20.8 Å². The van der Waals surface area contributed by atoms with E-state index in [-0.39, 0.29) is 0 Å². The molecule has 80 valence electrons. The highest BCUT2D eigenvalue weighted by molar-refractivity contribution is 8.17. The average Bonchev–Trinajstić information content (AvgIpc) is 2.18. The predicted octanol–water partition coefficient (Wildman–Crippen LogP) is 2.74. The van der Waals surface area contributed by atoms with E-state index in [1.165, 1.54) is 11.8 Å². The van der Waals surface area contributed by atoms with Crippen molar-refractivity contribution in [2.24, 2.45) is 4.99 Å². The number of hydrogen-bond acceptors (Lipinski definition) is 4. The summed E-state index contributed by atoms with van der Waals surface area (Å²) >= 11 is 1.52. The van der Waals surface area contributed by atoms with Gasteiger partial charge in [-0.3, -0.25) is 9.98 Å². The van der Waals surface area contributed by atoms with Gasteiger partial charge < -0.3 is 0 Å². The van der Waals surface area contributed by atoms with E-state index in [0.29, 0.717) is 0 Å². The smallest absolute Gasteiger partial charge is 0.122 e. The van der Waals surface area contributed by atoms with Gasteiger partial charge in [0.1, 0.15) is 10.7 Å². The van der Waals surface area contributed by atoms with E-state index in [2.05, 4.69) is 21.5 Å². The Balaban J connectivity index is 3.03. The van der Waals surface area contributed by atoms with Gasteiger partial charge in [-0.2, -0.15) is 0 Å². The third-order valence-corrected chi connectivity index (χ3v) is 2.82. The van der Waals surface area contributed by atoms with Crippen molar-refractivity contribution in [2.45, 2.75) is 20.8 Å². The van der Waals surface area contributed by atoms with Crippen molar-refractivity contribution in [2.75, 3.05) is 7.05 Å². The molecule has 0 amide bonds. The van der Waals surface area contributed by atoms with Crippen molar-refractivity contribution in [3.8, 4) is 0 Å². The van der Waals surface area contributed by atoms with Crippen LogP contribution >= 0.6 is 11.8 Å². The second kappa shape index (κ2) is 5.07. The second-order valence-corrected chi connectivity index (χ2v) is 4.55. The molecular formula is C11H15N3S. The number of allylic oxidation sites excluding steroid dienone is 1. The highest BCUT2D eigenvalue weighted by Crippen LogP contribution is 2.19. The molecule has 0 radical (unpaired) electrons. The van der Waals surface area contributed by atoms with Gasteiger partial charge in [0.25, 0.3) is 0 Å². The Morgan fingerprint density at radius 2 is 2.07 bits per heavy atom. The first kappa shape index (κ1) is 11.9. The van der Waals surface area contributed by atoms with Crippen LogP contribution in [0.5, 0.6) is 0 Å². The summed E-state index contributed by atoms with van der Waals surface area (Å²) in [7, 11) is 1.75. The molecule has 0 atom stereocenters. The number of rotatable bonds is 2. The van der Waals surface area contributed by atoms with Gasteiger partial charge in [0.15, 0.2) is 0 Å². The molecule has 1 aromatic rings. The lowest BCUT2D eigenvalue weighted by Gasteiger charge is -2.05. The van der Waals surface area contributed by atoms with E-state index in [0.717, 1.165) is 27.0 Å². The van der Waals surface area contributed by atoms with Crippen LogP contribution in [0.3, 0.4) is 0 Å². The van der Waals surface area contributed by atoms with Gasteiger partial charge in [-0.1, -0.05) is 18.3 Å². The van der Waals surface area contributed by atoms with E-state index < -0.39 is 0 Å². The SMILES string of the molecule is C=C(C)SC(=NC)c1cnc(C)c(C)n1. The molecule has 0 aromatic carbocycles. The minimum absolute atomic E-state index is 0.814. The molecule has 0 spiro atoms. The molecule has 15 heavy (non-hydrogen) atoms. The summed E-state index contributed by atoms with van der Waals surface area (Å²) < 4.78 is 0. The zero-order chi connectivity index (χ0) is 11.4. The molecule has 4 heteroatoms. The van der Waals surface area contributed by atoms with Crippen molar-refractivity contribution in [3.05, 3.63) is 34.8 Å². The molecule has 0 bridgehead atoms. The van der Waals surface area contributed by atoms with Crippen LogP contribution in [-0.2, 0) is 0 Å². The standard InChI is InChI=1S/C11H15N3S/c1-7(2)15-11(12-5)10-6-13-8(3)9(4)14-10/h6H,1H2,2-5H3. The highest BCUT2D eigenvalue weighted by atomic mass is 32.2. The van der Waals surface area contributed by atoms with Crippen molar-refractivity contribution < 1.29 is 0 Å². The molecule has 0 fully saturated rings. The summed E-state index contributed by atoms with van der Waals surface area (Å²) in [5.74, 6) is 0. The van der Waals surface area contributed by atoms with Crippen LogP contribution in [-0.4, -0.2) is 22.1 Å². The number of thioether (sulfide) groups is 1. The summed E-state index contributed by atoms with van der Waals surface area (Å²) in [5, 5.41) is 0.859. The van der Waals surface area contributed by atoms with Gasteiger partial charge in [-0.15, -0.1) is 0 Å². The van der Waals surface area contributed by atoms with Crippen molar-refractivity contribution in [1.29, 1.82) is 0 Å². The number of aliphatic imine (C=N–C) groups is 1. The highest BCUT2D eigenvalue weighted by Gasteiger charge is 2.07. The Labute approximate surface area is 94.8 Å². The van der Waals surface area contributed by atoms with Crippen molar-refractivity contribution in [3.63, 3.8) is 0 Å². The monoisotopic (exact) mass is 221 g/mol. The fourth-order valence-electron chi connectivity index (χ4n) is 1.02. The molecular weight excluding hydrogens is 206 g/mol. The van der Waals surface area contributed by atoms with E-state index in [1.54, 1.807) is 13.2 Å². The summed E-state index contributed by atoms with van der Waals surface area (Å²) in [5.41, 5.74) is 2.71. The predicted molar refractivity (Wildman–Crippen MR) is 66.4 cm³/mol. The second-order valence-electron chi connectivity index (χ2n) is 3.26. The minimum Gasteiger partial charge on any atom is -0.279 e. The lowest BCUT2D eigenvalue weighted by Crippen LogP contribution is -2.03. The Kier molecular flexibility index (Phi) is 4.03. The Morgan fingerprint density at radius 1 is 1.40 bits per heavy atom. The summed E-state index contributed by atoms with van der Waals surface area (Å²) in [6.45, 7) is 9.69. The van der Waals surface area contributed by atoms with Crippen molar-refractivity contribution >= 4 is 16.8 Å². The third kappa shape index (κ3) is 3.16. The Morgan fingerprint density at radius 3 is 2.53 bits per heavy atom. The van der Waals surface area contributed by atoms with Crippen molar-refractivity contribution in [1.82, 2.24) is 9.97 Å². The molecule has 0 aliphatic carbocycles. The average molecular weight is 221 g/mol. The lowest BCUT2D eigenvalue weighted by atomic mass is 10.3. The van der Waals surface area contributed by atoms with Crippen LogP contribution in [0, 0.1) is 13.8 Å². The molecule has 0 saturated carbocycles. The zero-order valence-corrected chi connectivity index (χ0v) is 10.4. The quantitative estimate of drug-likeness (QED) is 0.569. The molecule has 0 aliphatic rings. The van der Waals surface area contributed by atoms with Crippen LogP contribution in [0.1, 0.15) is 24.0 Å². The van der Waals surface area contributed by atoms with Crippen LogP contribution in [0.4, 0.5) is 0 Å². The molecule has 1 heterocycles. The molecule has 0 aliphatic heterocycles. The molecule has 1 rings (SSSR count). The van der Waals surface area contributed by atoms with Gasteiger partial charge in [-0.25, -0.2) is 4.98 Å². The Bertz CT molecular complexity index is 410. The van der Waals surface area contributed by atoms with Crippen LogP contribution in [0.25, 0.3) is 0 Å². The molecule has 0 saturated heterocycles. The van der Waals surface area contributed by atoms with Crippen LogP contribution in [0.15, 0.2) is 22.7 Å². The summed E-state index contributed by atoms with van der Waals surface area (Å²) in [6, 6.07) is 0. The molecule has 0 unspecified atom stereocenters. The number of nitrogens with zero attached hydrogens (tertiary/aromatic N) is 3. The van der Waals surface area contributed by atoms with Gasteiger partial charge >= 0.3 is 0 Å². The maximum atomic E-state index is 4.44. The maximum absolute atomic E-state index is 4.44. The zero-order valence-electron chi connectivity index (χ0n) is 9.53. The number of hydrogen-bond donors (Lipinski definition) is 0. The summed E-state index contributed by atoms with van der Waals surface area (Å²) in [4.78, 5) is 13.9. The fourth-order valence-corrected chi connectivity index (χ4v) is 1.65. The number of aryl methyl sites for hydroxylation is 2. The summed E-state index contributed by atoms with van der Waals surface area (Å²) in [6.07, 6.45) is 1.75. The van der Waals surface area contributed by atoms with Gasteiger partial charge in [-0.05, 0) is 25.7 Å². The number of aromatic nitrogens is 2. The third-order valence-electron chi connectivity index (χ3n) is 1.89. The van der Waals surface area contributed by atoms with E-state index in [4.69, 9.17) is 0 Å². The van der Waals surface area contributed by atoms with E-state index in [9.17, 15) is 0 Å². The fraction of sp³-hybridized carbons (Fsp3) is 0.364. The lowest BCUT2D eigenvalue weighted by molar-refractivity contribution is 1.04. The molecule has 3 nitrogen and oxygen atoms in total. The van der Waals surface area contributed by atoms with Gasteiger partial charge in [0.05, 0.1) is 17.6 Å². The molecule has 1 aromatic heterocycles.